The normalized spacial score (nSPS) is 10.6. The molecule has 0 atom stereocenters. The van der Waals surface area contributed by atoms with Crippen molar-refractivity contribution in [2.45, 2.75) is 0 Å². The molecule has 6 heteroatoms. The maximum absolute atomic E-state index is 13.7. The van der Waals surface area contributed by atoms with Crippen molar-refractivity contribution in [2.24, 2.45) is 0 Å². The van der Waals surface area contributed by atoms with Crippen molar-refractivity contribution in [3.05, 3.63) is 54.4 Å². The average Bonchev–Trinajstić information content (AvgIpc) is 2.50. The van der Waals surface area contributed by atoms with Gasteiger partial charge in [0, 0.05) is 17.1 Å². The predicted octanol–water partition coefficient (Wildman–Crippen LogP) is 3.66. The summed E-state index contributed by atoms with van der Waals surface area (Å²) in [4.78, 5) is 8.02. The Bertz CT molecular complexity index is 808. The van der Waals surface area contributed by atoms with Crippen LogP contribution in [0.1, 0.15) is 0 Å². The molecule has 21 heavy (non-hydrogen) atoms. The molecular formula is C15H11F2N3O. The summed E-state index contributed by atoms with van der Waals surface area (Å²) < 4.78 is 32.0. The number of rotatable bonds is 3. The monoisotopic (exact) mass is 287 g/mol. The number of anilines is 2. The summed E-state index contributed by atoms with van der Waals surface area (Å²) in [5, 5.41) is 3.55. The minimum atomic E-state index is -0.457. The van der Waals surface area contributed by atoms with Gasteiger partial charge in [-0.15, -0.1) is 0 Å². The number of fused-ring (bicyclic) bond motifs is 1. The number of hydrogen-bond donors (Lipinski definition) is 1. The van der Waals surface area contributed by atoms with E-state index >= 15 is 0 Å². The maximum Gasteiger partial charge on any atom is 0.165 e. The van der Waals surface area contributed by atoms with E-state index in [4.69, 9.17) is 4.74 Å². The van der Waals surface area contributed by atoms with Crippen LogP contribution in [-0.4, -0.2) is 17.1 Å². The van der Waals surface area contributed by atoms with Crippen LogP contribution in [0.5, 0.6) is 5.75 Å². The lowest BCUT2D eigenvalue weighted by Crippen LogP contribution is -1.98. The summed E-state index contributed by atoms with van der Waals surface area (Å²) in [5.41, 5.74) is 0.807. The van der Waals surface area contributed by atoms with E-state index in [-0.39, 0.29) is 11.3 Å². The van der Waals surface area contributed by atoms with Gasteiger partial charge in [0.05, 0.1) is 7.11 Å². The number of nitrogens with zero attached hydrogens (tertiary/aromatic N) is 2. The molecule has 0 saturated carbocycles. The van der Waals surface area contributed by atoms with Gasteiger partial charge in [0.1, 0.15) is 23.5 Å². The summed E-state index contributed by atoms with van der Waals surface area (Å²) in [5.74, 6) is -0.325. The number of halogens is 2. The van der Waals surface area contributed by atoms with Crippen LogP contribution >= 0.6 is 0 Å². The largest absolute Gasteiger partial charge is 0.494 e. The summed E-state index contributed by atoms with van der Waals surface area (Å²) in [6, 6.07) is 8.96. The summed E-state index contributed by atoms with van der Waals surface area (Å²) in [7, 11) is 1.39. The van der Waals surface area contributed by atoms with Crippen molar-refractivity contribution in [1.29, 1.82) is 0 Å². The molecule has 0 fully saturated rings. The molecule has 0 radical (unpaired) electrons. The van der Waals surface area contributed by atoms with Gasteiger partial charge in [-0.25, -0.2) is 18.7 Å². The van der Waals surface area contributed by atoms with Crippen molar-refractivity contribution >= 4 is 22.4 Å². The molecule has 0 amide bonds. The highest BCUT2D eigenvalue weighted by atomic mass is 19.1. The first-order valence-corrected chi connectivity index (χ1v) is 6.19. The van der Waals surface area contributed by atoms with Crippen LogP contribution in [0.25, 0.3) is 10.9 Å². The molecule has 0 aliphatic carbocycles. The Labute approximate surface area is 119 Å². The molecular weight excluding hydrogens is 276 g/mol. The van der Waals surface area contributed by atoms with Crippen molar-refractivity contribution in [3.8, 4) is 5.75 Å². The molecule has 0 aliphatic heterocycles. The standard InChI is InChI=1S/C15H11F2N3O/c1-21-13-7-9(5-6-11(13)16)20-15-10-3-2-4-12(17)14(10)18-8-19-15/h2-8H,1H3,(H,18,19,20). The molecule has 106 valence electrons. The van der Waals surface area contributed by atoms with Crippen LogP contribution in [0, 0.1) is 11.6 Å². The summed E-state index contributed by atoms with van der Waals surface area (Å²) in [6.45, 7) is 0. The lowest BCUT2D eigenvalue weighted by atomic mass is 10.2. The van der Waals surface area contributed by atoms with Gasteiger partial charge < -0.3 is 10.1 Å². The van der Waals surface area contributed by atoms with Crippen LogP contribution in [0.15, 0.2) is 42.7 Å². The first-order chi connectivity index (χ1) is 10.2. The van der Waals surface area contributed by atoms with E-state index in [1.807, 2.05) is 0 Å². The van der Waals surface area contributed by atoms with E-state index in [1.165, 1.54) is 31.6 Å². The predicted molar refractivity (Wildman–Crippen MR) is 75.7 cm³/mol. The van der Waals surface area contributed by atoms with Gasteiger partial charge in [0.2, 0.25) is 0 Å². The van der Waals surface area contributed by atoms with Crippen LogP contribution in [0.2, 0.25) is 0 Å². The van der Waals surface area contributed by atoms with Gasteiger partial charge in [-0.2, -0.15) is 0 Å². The van der Waals surface area contributed by atoms with Gasteiger partial charge in [0.15, 0.2) is 11.6 Å². The third kappa shape index (κ3) is 2.47. The second-order valence-electron chi connectivity index (χ2n) is 4.33. The summed E-state index contributed by atoms with van der Waals surface area (Å²) >= 11 is 0. The minimum absolute atomic E-state index is 0.115. The molecule has 1 aromatic heterocycles. The molecule has 0 unspecified atom stereocenters. The molecule has 1 heterocycles. The molecule has 0 saturated heterocycles. The average molecular weight is 287 g/mol. The van der Waals surface area contributed by atoms with E-state index in [0.29, 0.717) is 16.9 Å². The fourth-order valence-electron chi connectivity index (χ4n) is 2.03. The zero-order valence-electron chi connectivity index (χ0n) is 11.1. The Balaban J connectivity index is 2.04. The Morgan fingerprint density at radius 3 is 2.71 bits per heavy atom. The first kappa shape index (κ1) is 13.2. The van der Waals surface area contributed by atoms with E-state index in [2.05, 4.69) is 15.3 Å². The third-order valence-corrected chi connectivity index (χ3v) is 3.03. The van der Waals surface area contributed by atoms with E-state index in [0.717, 1.165) is 0 Å². The molecule has 2 aromatic carbocycles. The molecule has 1 N–H and O–H groups in total. The second-order valence-corrected chi connectivity index (χ2v) is 4.33. The number of hydrogen-bond acceptors (Lipinski definition) is 4. The quantitative estimate of drug-likeness (QED) is 0.798. The molecule has 3 aromatic rings. The Morgan fingerprint density at radius 2 is 1.90 bits per heavy atom. The Hall–Kier alpha value is -2.76. The second kappa shape index (κ2) is 5.32. The topological polar surface area (TPSA) is 47.0 Å². The van der Waals surface area contributed by atoms with Crippen molar-refractivity contribution in [2.75, 3.05) is 12.4 Å². The zero-order chi connectivity index (χ0) is 14.8. The minimum Gasteiger partial charge on any atom is -0.494 e. The molecule has 3 rings (SSSR count). The Morgan fingerprint density at radius 1 is 1.05 bits per heavy atom. The van der Waals surface area contributed by atoms with Gasteiger partial charge in [-0.1, -0.05) is 6.07 Å². The van der Waals surface area contributed by atoms with Gasteiger partial charge in [-0.3, -0.25) is 0 Å². The number of methoxy groups -OCH3 is 1. The maximum atomic E-state index is 13.7. The molecule has 0 bridgehead atoms. The van der Waals surface area contributed by atoms with Crippen LogP contribution < -0.4 is 10.1 Å². The molecule has 4 nitrogen and oxygen atoms in total. The van der Waals surface area contributed by atoms with Gasteiger partial charge >= 0.3 is 0 Å². The first-order valence-electron chi connectivity index (χ1n) is 6.19. The number of ether oxygens (including phenoxy) is 1. The zero-order valence-corrected chi connectivity index (χ0v) is 11.1. The highest BCUT2D eigenvalue weighted by Crippen LogP contribution is 2.27. The van der Waals surface area contributed by atoms with Crippen molar-refractivity contribution < 1.29 is 13.5 Å². The fraction of sp³-hybridized carbons (Fsp3) is 0.0667. The highest BCUT2D eigenvalue weighted by Gasteiger charge is 2.09. The van der Waals surface area contributed by atoms with E-state index in [1.54, 1.807) is 18.2 Å². The smallest absolute Gasteiger partial charge is 0.165 e. The summed E-state index contributed by atoms with van der Waals surface area (Å²) in [6.07, 6.45) is 1.27. The Kier molecular flexibility index (Phi) is 3.35. The number of nitrogens with one attached hydrogen (secondary N) is 1. The number of para-hydroxylation sites is 1. The van der Waals surface area contributed by atoms with Gasteiger partial charge in [-0.05, 0) is 24.3 Å². The molecule has 0 aliphatic rings. The SMILES string of the molecule is COc1cc(Nc2ncnc3c(F)cccc23)ccc1F. The fourth-order valence-corrected chi connectivity index (χ4v) is 2.03. The lowest BCUT2D eigenvalue weighted by Gasteiger charge is -2.10. The lowest BCUT2D eigenvalue weighted by molar-refractivity contribution is 0.387. The van der Waals surface area contributed by atoms with Crippen LogP contribution in [-0.2, 0) is 0 Å². The van der Waals surface area contributed by atoms with Crippen LogP contribution in [0.3, 0.4) is 0 Å². The number of benzene rings is 2. The van der Waals surface area contributed by atoms with E-state index < -0.39 is 11.6 Å². The molecule has 0 spiro atoms. The van der Waals surface area contributed by atoms with Crippen LogP contribution in [0.4, 0.5) is 20.3 Å². The van der Waals surface area contributed by atoms with Crippen molar-refractivity contribution in [1.82, 2.24) is 9.97 Å². The number of aromatic nitrogens is 2. The van der Waals surface area contributed by atoms with E-state index in [9.17, 15) is 8.78 Å². The highest BCUT2D eigenvalue weighted by molar-refractivity contribution is 5.90. The van der Waals surface area contributed by atoms with Crippen molar-refractivity contribution in [3.63, 3.8) is 0 Å². The van der Waals surface area contributed by atoms with Gasteiger partial charge in [0.25, 0.3) is 0 Å². The third-order valence-electron chi connectivity index (χ3n) is 3.03.